The van der Waals surface area contributed by atoms with Crippen LogP contribution in [0.3, 0.4) is 0 Å². The first-order chi connectivity index (χ1) is 8.74. The normalized spacial score (nSPS) is 30.9. The number of hydrogen-bond acceptors (Lipinski definition) is 3. The van der Waals surface area contributed by atoms with Gasteiger partial charge >= 0.3 is 0 Å². The van der Waals surface area contributed by atoms with Crippen LogP contribution in [-0.2, 0) is 6.54 Å². The maximum absolute atomic E-state index is 3.70. The number of thiophene rings is 1. The Morgan fingerprint density at radius 2 is 2.28 bits per heavy atom. The van der Waals surface area contributed by atoms with Crippen LogP contribution in [0.15, 0.2) is 6.07 Å². The summed E-state index contributed by atoms with van der Waals surface area (Å²) in [6.07, 6.45) is 4.36. The van der Waals surface area contributed by atoms with Gasteiger partial charge in [-0.3, -0.25) is 0 Å². The largest absolute Gasteiger partial charge is 0.312 e. The van der Waals surface area contributed by atoms with Crippen LogP contribution in [0.25, 0.3) is 0 Å². The van der Waals surface area contributed by atoms with Crippen molar-refractivity contribution in [3.63, 3.8) is 0 Å². The first-order valence-electron chi connectivity index (χ1n) is 7.24. The van der Waals surface area contributed by atoms with Gasteiger partial charge in [0.25, 0.3) is 0 Å². The van der Waals surface area contributed by atoms with E-state index in [2.05, 4.69) is 30.5 Å². The van der Waals surface area contributed by atoms with Gasteiger partial charge in [0.15, 0.2) is 0 Å². The van der Waals surface area contributed by atoms with E-state index in [1.165, 1.54) is 41.1 Å². The van der Waals surface area contributed by atoms with Crippen LogP contribution in [0.4, 0.5) is 0 Å². The second-order valence-electron chi connectivity index (χ2n) is 5.95. The highest BCUT2D eigenvalue weighted by molar-refractivity contribution is 7.12. The summed E-state index contributed by atoms with van der Waals surface area (Å²) in [5, 5.41) is 7.35. The first kappa shape index (κ1) is 12.6. The molecule has 1 saturated carbocycles. The van der Waals surface area contributed by atoms with Crippen molar-refractivity contribution in [3.05, 3.63) is 21.4 Å². The molecule has 2 fully saturated rings. The molecule has 0 radical (unpaired) electrons. The predicted octanol–water partition coefficient (Wildman–Crippen LogP) is 2.84. The highest BCUT2D eigenvalue weighted by Gasteiger charge is 2.38. The molecule has 0 aromatic carbocycles. The molecule has 0 amide bonds. The van der Waals surface area contributed by atoms with E-state index in [1.54, 1.807) is 0 Å². The zero-order valence-corrected chi connectivity index (χ0v) is 12.3. The number of rotatable bonds is 4. The minimum atomic E-state index is 0.722. The van der Waals surface area contributed by atoms with E-state index in [9.17, 15) is 0 Å². The molecular formula is C15H24N2S. The smallest absolute Gasteiger partial charge is 0.0300 e. The Morgan fingerprint density at radius 1 is 1.39 bits per heavy atom. The Kier molecular flexibility index (Phi) is 3.73. The predicted molar refractivity (Wildman–Crippen MR) is 78.1 cm³/mol. The minimum Gasteiger partial charge on any atom is -0.312 e. The van der Waals surface area contributed by atoms with Gasteiger partial charge in [-0.2, -0.15) is 0 Å². The van der Waals surface area contributed by atoms with E-state index in [0.717, 1.165) is 31.0 Å². The highest BCUT2D eigenvalue weighted by Crippen LogP contribution is 2.37. The molecule has 3 rings (SSSR count). The van der Waals surface area contributed by atoms with Crippen molar-refractivity contribution >= 4 is 11.3 Å². The summed E-state index contributed by atoms with van der Waals surface area (Å²) in [6, 6.07) is 3.05. The lowest BCUT2D eigenvalue weighted by Crippen LogP contribution is -2.37. The van der Waals surface area contributed by atoms with Crippen molar-refractivity contribution < 1.29 is 0 Å². The van der Waals surface area contributed by atoms with Crippen molar-refractivity contribution in [1.82, 2.24) is 10.6 Å². The number of hydrogen-bond donors (Lipinski definition) is 2. The van der Waals surface area contributed by atoms with Gasteiger partial charge in [0, 0.05) is 28.9 Å². The average Bonchev–Trinajstić information content (AvgIpc) is 2.99. The quantitative estimate of drug-likeness (QED) is 0.874. The van der Waals surface area contributed by atoms with Gasteiger partial charge in [0.1, 0.15) is 0 Å². The topological polar surface area (TPSA) is 24.1 Å². The molecule has 2 nitrogen and oxygen atoms in total. The molecule has 0 bridgehead atoms. The molecule has 1 aromatic heterocycles. The molecular weight excluding hydrogens is 240 g/mol. The third-order valence-corrected chi connectivity index (χ3v) is 5.91. The van der Waals surface area contributed by atoms with E-state index < -0.39 is 0 Å². The molecule has 0 spiro atoms. The van der Waals surface area contributed by atoms with Crippen LogP contribution >= 0.6 is 11.3 Å². The van der Waals surface area contributed by atoms with Gasteiger partial charge in [0.05, 0.1) is 0 Å². The summed E-state index contributed by atoms with van der Waals surface area (Å²) < 4.78 is 0. The molecule has 1 saturated heterocycles. The number of fused-ring (bicyclic) bond motifs is 1. The molecule has 2 N–H and O–H groups in total. The average molecular weight is 264 g/mol. The van der Waals surface area contributed by atoms with E-state index in [-0.39, 0.29) is 0 Å². The molecule has 100 valence electrons. The molecule has 1 aliphatic heterocycles. The van der Waals surface area contributed by atoms with Crippen LogP contribution in [0.1, 0.15) is 34.6 Å². The summed E-state index contributed by atoms with van der Waals surface area (Å²) in [6.45, 7) is 7.85. The van der Waals surface area contributed by atoms with Crippen molar-refractivity contribution in [2.75, 3.05) is 13.1 Å². The van der Waals surface area contributed by atoms with E-state index >= 15 is 0 Å². The molecule has 18 heavy (non-hydrogen) atoms. The Morgan fingerprint density at radius 3 is 3.06 bits per heavy atom. The summed E-state index contributed by atoms with van der Waals surface area (Å²) in [7, 11) is 0. The minimum absolute atomic E-state index is 0.722. The SMILES string of the molecule is Cc1cc(CNCC2NCC3CCCC32)sc1C. The number of aryl methyl sites for hydroxylation is 2. The van der Waals surface area contributed by atoms with Crippen molar-refractivity contribution in [1.29, 1.82) is 0 Å². The molecule has 1 aliphatic carbocycles. The molecule has 2 heterocycles. The fraction of sp³-hybridized carbons (Fsp3) is 0.733. The van der Waals surface area contributed by atoms with Crippen molar-refractivity contribution in [2.24, 2.45) is 11.8 Å². The van der Waals surface area contributed by atoms with Crippen LogP contribution in [-0.4, -0.2) is 19.1 Å². The number of nitrogens with one attached hydrogen (secondary N) is 2. The lowest BCUT2D eigenvalue weighted by atomic mass is 9.94. The zero-order chi connectivity index (χ0) is 12.5. The second kappa shape index (κ2) is 5.32. The van der Waals surface area contributed by atoms with Crippen LogP contribution in [0, 0.1) is 25.7 Å². The zero-order valence-electron chi connectivity index (χ0n) is 11.5. The molecule has 3 atom stereocenters. The van der Waals surface area contributed by atoms with Gasteiger partial charge in [-0.25, -0.2) is 0 Å². The van der Waals surface area contributed by atoms with Crippen molar-refractivity contribution in [2.45, 2.75) is 45.7 Å². The fourth-order valence-corrected chi connectivity index (χ4v) is 4.64. The van der Waals surface area contributed by atoms with E-state index in [1.807, 2.05) is 11.3 Å². The maximum atomic E-state index is 3.70. The van der Waals surface area contributed by atoms with E-state index in [0.29, 0.717) is 0 Å². The van der Waals surface area contributed by atoms with Gasteiger partial charge in [-0.05, 0) is 56.7 Å². The van der Waals surface area contributed by atoms with Gasteiger partial charge in [-0.15, -0.1) is 11.3 Å². The molecule has 2 aliphatic rings. The maximum Gasteiger partial charge on any atom is 0.0300 e. The monoisotopic (exact) mass is 264 g/mol. The van der Waals surface area contributed by atoms with Gasteiger partial charge in [-0.1, -0.05) is 6.42 Å². The summed E-state index contributed by atoms with van der Waals surface area (Å²) >= 11 is 1.93. The molecule has 1 aromatic rings. The third kappa shape index (κ3) is 2.49. The van der Waals surface area contributed by atoms with Crippen LogP contribution in [0.2, 0.25) is 0 Å². The van der Waals surface area contributed by atoms with Crippen LogP contribution in [0.5, 0.6) is 0 Å². The van der Waals surface area contributed by atoms with Gasteiger partial charge < -0.3 is 10.6 Å². The Balaban J connectivity index is 1.47. The van der Waals surface area contributed by atoms with E-state index in [4.69, 9.17) is 0 Å². The summed E-state index contributed by atoms with van der Waals surface area (Å²) in [4.78, 5) is 2.94. The first-order valence-corrected chi connectivity index (χ1v) is 8.05. The van der Waals surface area contributed by atoms with Crippen molar-refractivity contribution in [3.8, 4) is 0 Å². The molecule has 3 unspecified atom stereocenters. The lowest BCUT2D eigenvalue weighted by molar-refractivity contribution is 0.393. The van der Waals surface area contributed by atoms with Gasteiger partial charge in [0.2, 0.25) is 0 Å². The fourth-order valence-electron chi connectivity index (χ4n) is 3.61. The summed E-state index contributed by atoms with van der Waals surface area (Å²) in [5.74, 6) is 1.92. The molecule has 3 heteroatoms. The highest BCUT2D eigenvalue weighted by atomic mass is 32.1. The summed E-state index contributed by atoms with van der Waals surface area (Å²) in [5.41, 5.74) is 1.44. The lowest BCUT2D eigenvalue weighted by Gasteiger charge is -2.18. The Hall–Kier alpha value is -0.380. The Bertz CT molecular complexity index is 393. The Labute approximate surface area is 114 Å². The third-order valence-electron chi connectivity index (χ3n) is 4.76. The van der Waals surface area contributed by atoms with Crippen LogP contribution < -0.4 is 10.6 Å². The standard InChI is InChI=1S/C15H24N2S/c1-10-6-13(18-11(10)2)8-16-9-15-14-5-3-4-12(14)7-17-15/h6,12,14-17H,3-5,7-9H2,1-2H3. The second-order valence-corrected chi connectivity index (χ2v) is 7.29.